The van der Waals surface area contributed by atoms with Gasteiger partial charge in [0.1, 0.15) is 5.01 Å². The van der Waals surface area contributed by atoms with Gasteiger partial charge >= 0.3 is 0 Å². The zero-order valence-corrected chi connectivity index (χ0v) is 11.5. The lowest BCUT2D eigenvalue weighted by Crippen LogP contribution is -1.80. The first kappa shape index (κ1) is 11.8. The van der Waals surface area contributed by atoms with Crippen molar-refractivity contribution in [2.75, 3.05) is 11.5 Å². The van der Waals surface area contributed by atoms with Crippen molar-refractivity contribution < 1.29 is 0 Å². The molecule has 0 atom stereocenters. The lowest BCUT2D eigenvalue weighted by Gasteiger charge is -1.90. The van der Waals surface area contributed by atoms with Crippen molar-refractivity contribution in [3.63, 3.8) is 0 Å². The fourth-order valence-electron chi connectivity index (χ4n) is 1.23. The Morgan fingerprint density at radius 3 is 2.75 bits per heavy atom. The number of aryl methyl sites for hydroxylation is 1. The molecular weight excluding hydrogens is 260 g/mol. The molecule has 2 rings (SSSR count). The Morgan fingerprint density at radius 1 is 1.31 bits per heavy atom. The molecule has 2 N–H and O–H groups in total. The summed E-state index contributed by atoms with van der Waals surface area (Å²) in [4.78, 5) is 5.63. The summed E-state index contributed by atoms with van der Waals surface area (Å²) in [6, 6.07) is 0. The minimum absolute atomic E-state index is 0.507. The third kappa shape index (κ3) is 2.53. The van der Waals surface area contributed by atoms with Crippen molar-refractivity contribution in [2.45, 2.75) is 19.6 Å². The average Bonchev–Trinajstić information content (AvgIpc) is 2.82. The number of rotatable bonds is 4. The number of thioether (sulfide) groups is 1. The fraction of sp³-hybridized carbons (Fsp3) is 0.444. The molecule has 2 aromatic heterocycles. The molecule has 0 fully saturated rings. The third-order valence-corrected chi connectivity index (χ3v) is 5.04. The molecule has 0 aliphatic rings. The van der Waals surface area contributed by atoms with Gasteiger partial charge < -0.3 is 5.73 Å². The minimum Gasteiger partial charge on any atom is -0.374 e. The van der Waals surface area contributed by atoms with E-state index in [0.29, 0.717) is 5.13 Å². The summed E-state index contributed by atoms with van der Waals surface area (Å²) in [5.74, 6) is 2.08. The molecule has 0 aliphatic carbocycles. The maximum Gasteiger partial charge on any atom is 0.203 e. The largest absolute Gasteiger partial charge is 0.374 e. The second-order valence-corrected chi connectivity index (χ2v) is 6.47. The minimum atomic E-state index is 0.507. The van der Waals surface area contributed by atoms with Crippen molar-refractivity contribution in [1.82, 2.24) is 15.2 Å². The van der Waals surface area contributed by atoms with Crippen LogP contribution in [0.2, 0.25) is 0 Å². The van der Waals surface area contributed by atoms with E-state index < -0.39 is 0 Å². The zero-order valence-electron chi connectivity index (χ0n) is 9.06. The molecule has 0 aliphatic heterocycles. The molecule has 0 amide bonds. The molecular formula is C9H12N4S3. The Hall–Kier alpha value is -0.660. The SMILES string of the molecule is CCSCc1nc(C)c(-c2nnc(N)s2)s1. The second-order valence-electron chi connectivity index (χ2n) is 3.10. The van der Waals surface area contributed by atoms with E-state index in [1.54, 1.807) is 11.3 Å². The van der Waals surface area contributed by atoms with Gasteiger partial charge in [-0.1, -0.05) is 18.3 Å². The highest BCUT2D eigenvalue weighted by Gasteiger charge is 2.13. The highest BCUT2D eigenvalue weighted by Crippen LogP contribution is 2.33. The van der Waals surface area contributed by atoms with E-state index in [4.69, 9.17) is 5.73 Å². The van der Waals surface area contributed by atoms with Crippen LogP contribution in [0.25, 0.3) is 9.88 Å². The van der Waals surface area contributed by atoms with Crippen LogP contribution in [0.4, 0.5) is 5.13 Å². The second kappa shape index (κ2) is 5.11. The topological polar surface area (TPSA) is 64.7 Å². The number of hydrogen-bond donors (Lipinski definition) is 1. The standard InChI is InChI=1S/C9H12N4S3/c1-3-14-4-6-11-5(2)7(15-6)8-12-13-9(10)16-8/h3-4H2,1-2H3,(H2,10,13). The van der Waals surface area contributed by atoms with Crippen molar-refractivity contribution >= 4 is 39.6 Å². The van der Waals surface area contributed by atoms with Crippen LogP contribution in [0, 0.1) is 6.92 Å². The van der Waals surface area contributed by atoms with Gasteiger partial charge in [-0.05, 0) is 12.7 Å². The Kier molecular flexibility index (Phi) is 3.78. The number of nitrogens with zero attached hydrogens (tertiary/aromatic N) is 3. The highest BCUT2D eigenvalue weighted by molar-refractivity contribution is 7.98. The Bertz CT molecular complexity index is 477. The Labute approximate surface area is 106 Å². The monoisotopic (exact) mass is 272 g/mol. The first-order chi connectivity index (χ1) is 7.70. The van der Waals surface area contributed by atoms with Crippen LogP contribution in [0.5, 0.6) is 0 Å². The van der Waals surface area contributed by atoms with Gasteiger partial charge in [0.25, 0.3) is 0 Å². The van der Waals surface area contributed by atoms with E-state index >= 15 is 0 Å². The lowest BCUT2D eigenvalue weighted by atomic mass is 10.4. The van der Waals surface area contributed by atoms with E-state index in [9.17, 15) is 0 Å². The van der Waals surface area contributed by atoms with E-state index in [1.807, 2.05) is 18.7 Å². The van der Waals surface area contributed by atoms with Gasteiger partial charge in [-0.25, -0.2) is 4.98 Å². The summed E-state index contributed by atoms with van der Waals surface area (Å²) < 4.78 is 0. The maximum absolute atomic E-state index is 5.58. The van der Waals surface area contributed by atoms with Crippen LogP contribution < -0.4 is 5.73 Å². The van der Waals surface area contributed by atoms with Crippen LogP contribution in [0.15, 0.2) is 0 Å². The highest BCUT2D eigenvalue weighted by atomic mass is 32.2. The van der Waals surface area contributed by atoms with Crippen molar-refractivity contribution in [3.8, 4) is 9.88 Å². The molecule has 2 aromatic rings. The molecule has 0 unspecified atom stereocenters. The molecule has 0 saturated heterocycles. The van der Waals surface area contributed by atoms with Crippen molar-refractivity contribution in [3.05, 3.63) is 10.7 Å². The van der Waals surface area contributed by atoms with Crippen molar-refractivity contribution in [2.24, 2.45) is 0 Å². The number of thiazole rings is 1. The van der Waals surface area contributed by atoms with Gasteiger partial charge in [0.05, 0.1) is 10.6 Å². The number of anilines is 1. The molecule has 86 valence electrons. The first-order valence-electron chi connectivity index (χ1n) is 4.84. The molecule has 0 spiro atoms. The van der Waals surface area contributed by atoms with Gasteiger partial charge in [-0.2, -0.15) is 11.8 Å². The van der Waals surface area contributed by atoms with E-state index in [1.165, 1.54) is 11.3 Å². The van der Waals surface area contributed by atoms with E-state index in [-0.39, 0.29) is 0 Å². The van der Waals surface area contributed by atoms with Gasteiger partial charge in [-0.15, -0.1) is 21.5 Å². The van der Waals surface area contributed by atoms with Crippen LogP contribution in [-0.4, -0.2) is 20.9 Å². The van der Waals surface area contributed by atoms with Crippen molar-refractivity contribution in [1.29, 1.82) is 0 Å². The smallest absolute Gasteiger partial charge is 0.203 e. The molecule has 0 aromatic carbocycles. The maximum atomic E-state index is 5.58. The summed E-state index contributed by atoms with van der Waals surface area (Å²) in [7, 11) is 0. The number of nitrogens with two attached hydrogens (primary N) is 1. The summed E-state index contributed by atoms with van der Waals surface area (Å²) >= 11 is 4.97. The van der Waals surface area contributed by atoms with Gasteiger partial charge in [-0.3, -0.25) is 0 Å². The van der Waals surface area contributed by atoms with Crippen LogP contribution in [0.3, 0.4) is 0 Å². The number of nitrogen functional groups attached to an aromatic ring is 1. The van der Waals surface area contributed by atoms with Gasteiger partial charge in [0, 0.05) is 5.75 Å². The van der Waals surface area contributed by atoms with Gasteiger partial charge in [0.2, 0.25) is 5.13 Å². The van der Waals surface area contributed by atoms with Gasteiger partial charge in [0.15, 0.2) is 5.01 Å². The number of hydrogen-bond acceptors (Lipinski definition) is 7. The molecule has 2 heterocycles. The lowest BCUT2D eigenvalue weighted by molar-refractivity contribution is 1.10. The predicted molar refractivity (Wildman–Crippen MR) is 72.0 cm³/mol. The zero-order chi connectivity index (χ0) is 11.5. The summed E-state index contributed by atoms with van der Waals surface area (Å²) in [6.07, 6.45) is 0. The molecule has 0 bridgehead atoms. The van der Waals surface area contributed by atoms with Crippen LogP contribution in [0.1, 0.15) is 17.6 Å². The average molecular weight is 272 g/mol. The summed E-state index contributed by atoms with van der Waals surface area (Å²) in [6.45, 7) is 4.15. The quantitative estimate of drug-likeness (QED) is 0.927. The number of aromatic nitrogens is 3. The third-order valence-electron chi connectivity index (χ3n) is 1.91. The van der Waals surface area contributed by atoms with E-state index in [2.05, 4.69) is 22.1 Å². The molecule has 0 saturated carbocycles. The summed E-state index contributed by atoms with van der Waals surface area (Å²) in [5, 5.41) is 10.4. The fourth-order valence-corrected chi connectivity index (χ4v) is 3.75. The summed E-state index contributed by atoms with van der Waals surface area (Å²) in [5.41, 5.74) is 6.60. The Balaban J connectivity index is 2.24. The van der Waals surface area contributed by atoms with Crippen LogP contribution >= 0.6 is 34.4 Å². The molecule has 7 heteroatoms. The molecule has 4 nitrogen and oxygen atoms in total. The molecule has 0 radical (unpaired) electrons. The first-order valence-corrected chi connectivity index (χ1v) is 7.63. The predicted octanol–water partition coefficient (Wildman–Crippen LogP) is 2.81. The van der Waals surface area contributed by atoms with Crippen LogP contribution in [-0.2, 0) is 5.75 Å². The van der Waals surface area contributed by atoms with E-state index in [0.717, 1.165) is 32.1 Å². The molecule has 16 heavy (non-hydrogen) atoms. The Morgan fingerprint density at radius 2 is 2.12 bits per heavy atom. The normalized spacial score (nSPS) is 10.9.